The van der Waals surface area contributed by atoms with Gasteiger partial charge in [0.25, 0.3) is 11.1 Å². The highest BCUT2D eigenvalue weighted by Gasteiger charge is 2.21. The zero-order chi connectivity index (χ0) is 16.8. The highest BCUT2D eigenvalue weighted by Crippen LogP contribution is 2.38. The van der Waals surface area contributed by atoms with Crippen LogP contribution in [0.4, 0.5) is 0 Å². The van der Waals surface area contributed by atoms with Crippen LogP contribution in [0.2, 0.25) is 0 Å². The highest BCUT2D eigenvalue weighted by atomic mass is 32.2. The standard InChI is InChI=1S/C17H14N4OS3/c1-9-2-3-12-10(6-9)7-13(24-12)14-20-21-17(22-14)25-16-11-4-5-23-15(11)18-8-19-16/h4-5,7-9H,2-3,6H2,1H3. The molecule has 0 amide bonds. The van der Waals surface area contributed by atoms with Crippen molar-refractivity contribution >= 4 is 44.7 Å². The molecule has 1 atom stereocenters. The van der Waals surface area contributed by atoms with E-state index in [-0.39, 0.29) is 0 Å². The summed E-state index contributed by atoms with van der Waals surface area (Å²) >= 11 is 4.78. The Morgan fingerprint density at radius 3 is 3.20 bits per heavy atom. The van der Waals surface area contributed by atoms with Crippen molar-refractivity contribution in [3.05, 3.63) is 34.3 Å². The zero-order valence-corrected chi connectivity index (χ0v) is 15.9. The second-order valence-corrected chi connectivity index (χ2v) is 9.17. The van der Waals surface area contributed by atoms with Crippen molar-refractivity contribution in [1.29, 1.82) is 0 Å². The zero-order valence-electron chi connectivity index (χ0n) is 13.4. The minimum absolute atomic E-state index is 0.515. The third-order valence-corrected chi connectivity index (χ3v) is 7.26. The molecule has 0 aromatic carbocycles. The molecule has 4 aromatic rings. The molecule has 1 unspecified atom stereocenters. The van der Waals surface area contributed by atoms with Crippen molar-refractivity contribution in [2.75, 3.05) is 0 Å². The Kier molecular flexibility index (Phi) is 3.83. The molecule has 0 radical (unpaired) electrons. The quantitative estimate of drug-likeness (QED) is 0.458. The molecule has 25 heavy (non-hydrogen) atoms. The fourth-order valence-electron chi connectivity index (χ4n) is 3.09. The van der Waals surface area contributed by atoms with Crippen LogP contribution in [-0.4, -0.2) is 20.2 Å². The molecule has 0 spiro atoms. The molecule has 8 heteroatoms. The number of aromatic nitrogens is 4. The molecule has 4 aromatic heterocycles. The SMILES string of the molecule is CC1CCc2sc(-c3nnc(Sc4ncnc5sccc45)o3)cc2C1. The van der Waals surface area contributed by atoms with Gasteiger partial charge in [-0.15, -0.1) is 32.9 Å². The lowest BCUT2D eigenvalue weighted by Crippen LogP contribution is -2.07. The average molecular weight is 387 g/mol. The largest absolute Gasteiger partial charge is 0.410 e. The molecule has 0 aliphatic heterocycles. The number of hydrogen-bond acceptors (Lipinski definition) is 8. The average Bonchev–Trinajstić information content (AvgIpc) is 3.33. The first-order valence-corrected chi connectivity index (χ1v) is 10.6. The maximum absolute atomic E-state index is 5.90. The van der Waals surface area contributed by atoms with Gasteiger partial charge in [-0.2, -0.15) is 0 Å². The molecule has 4 heterocycles. The van der Waals surface area contributed by atoms with Crippen molar-refractivity contribution < 1.29 is 4.42 Å². The van der Waals surface area contributed by atoms with Crippen LogP contribution in [-0.2, 0) is 12.8 Å². The van der Waals surface area contributed by atoms with Gasteiger partial charge in [0.15, 0.2) is 0 Å². The molecule has 0 saturated heterocycles. The first-order chi connectivity index (χ1) is 12.3. The Morgan fingerprint density at radius 1 is 1.28 bits per heavy atom. The van der Waals surface area contributed by atoms with E-state index >= 15 is 0 Å². The fourth-order valence-corrected chi connectivity index (χ4v) is 5.76. The van der Waals surface area contributed by atoms with Crippen LogP contribution in [0.5, 0.6) is 0 Å². The Labute approximate surface area is 156 Å². The Bertz CT molecular complexity index is 1050. The Balaban J connectivity index is 1.43. The van der Waals surface area contributed by atoms with E-state index in [4.69, 9.17) is 4.42 Å². The molecule has 5 nitrogen and oxygen atoms in total. The van der Waals surface area contributed by atoms with E-state index in [2.05, 4.69) is 33.2 Å². The molecule has 0 bridgehead atoms. The van der Waals surface area contributed by atoms with Crippen LogP contribution in [0.15, 0.2) is 38.5 Å². The number of rotatable bonds is 3. The molecule has 1 aliphatic carbocycles. The lowest BCUT2D eigenvalue weighted by Gasteiger charge is -2.16. The van der Waals surface area contributed by atoms with Gasteiger partial charge in [0.1, 0.15) is 16.2 Å². The van der Waals surface area contributed by atoms with Crippen molar-refractivity contribution in [3.63, 3.8) is 0 Å². The molecule has 0 saturated carbocycles. The van der Waals surface area contributed by atoms with E-state index in [1.807, 2.05) is 11.4 Å². The summed E-state index contributed by atoms with van der Waals surface area (Å²) in [6.07, 6.45) is 5.15. The smallest absolute Gasteiger partial charge is 0.283 e. The summed E-state index contributed by atoms with van der Waals surface area (Å²) in [7, 11) is 0. The van der Waals surface area contributed by atoms with Gasteiger partial charge in [-0.3, -0.25) is 0 Å². The highest BCUT2D eigenvalue weighted by molar-refractivity contribution is 7.99. The molecule has 0 fully saturated rings. The Morgan fingerprint density at radius 2 is 2.24 bits per heavy atom. The second kappa shape index (κ2) is 6.19. The monoisotopic (exact) mass is 386 g/mol. The Hall–Kier alpha value is -1.77. The van der Waals surface area contributed by atoms with E-state index in [9.17, 15) is 0 Å². The van der Waals surface area contributed by atoms with Crippen molar-refractivity contribution in [1.82, 2.24) is 20.2 Å². The number of fused-ring (bicyclic) bond motifs is 2. The summed E-state index contributed by atoms with van der Waals surface area (Å²) in [6.45, 7) is 2.31. The lowest BCUT2D eigenvalue weighted by atomic mass is 9.90. The molecule has 126 valence electrons. The van der Waals surface area contributed by atoms with Crippen LogP contribution in [0.1, 0.15) is 23.8 Å². The van der Waals surface area contributed by atoms with Gasteiger partial charge < -0.3 is 4.42 Å². The molecule has 0 N–H and O–H groups in total. The molecule has 5 rings (SSSR count). The van der Waals surface area contributed by atoms with E-state index in [1.54, 1.807) is 29.0 Å². The van der Waals surface area contributed by atoms with E-state index in [1.165, 1.54) is 28.6 Å². The van der Waals surface area contributed by atoms with Gasteiger partial charge in [-0.25, -0.2) is 9.97 Å². The summed E-state index contributed by atoms with van der Waals surface area (Å²) in [4.78, 5) is 12.1. The van der Waals surface area contributed by atoms with Gasteiger partial charge in [0, 0.05) is 10.3 Å². The summed E-state index contributed by atoms with van der Waals surface area (Å²) in [5, 5.41) is 12.8. The first kappa shape index (κ1) is 15.5. The second-order valence-electron chi connectivity index (χ2n) is 6.20. The maximum atomic E-state index is 5.90. The molecule has 1 aliphatic rings. The molecular formula is C17H14N4OS3. The van der Waals surface area contributed by atoms with Crippen molar-refractivity contribution in [2.24, 2.45) is 5.92 Å². The normalized spacial score (nSPS) is 17.1. The van der Waals surface area contributed by atoms with Gasteiger partial charge in [-0.05, 0) is 60.0 Å². The third-order valence-electron chi connectivity index (χ3n) is 4.36. The van der Waals surface area contributed by atoms with E-state index < -0.39 is 0 Å². The number of aryl methyl sites for hydroxylation is 1. The molecular weight excluding hydrogens is 372 g/mol. The minimum Gasteiger partial charge on any atom is -0.410 e. The lowest BCUT2D eigenvalue weighted by molar-refractivity contribution is 0.466. The third kappa shape index (κ3) is 2.88. The summed E-state index contributed by atoms with van der Waals surface area (Å²) < 4.78 is 5.90. The summed E-state index contributed by atoms with van der Waals surface area (Å²) in [5.41, 5.74) is 1.45. The predicted molar refractivity (Wildman–Crippen MR) is 100 cm³/mol. The van der Waals surface area contributed by atoms with Gasteiger partial charge in [0.2, 0.25) is 0 Å². The topological polar surface area (TPSA) is 64.7 Å². The minimum atomic E-state index is 0.515. The number of hydrogen-bond donors (Lipinski definition) is 0. The van der Waals surface area contributed by atoms with E-state index in [0.29, 0.717) is 11.1 Å². The van der Waals surface area contributed by atoms with Gasteiger partial charge in [-0.1, -0.05) is 6.92 Å². The predicted octanol–water partition coefficient (Wildman–Crippen LogP) is 5.08. The first-order valence-electron chi connectivity index (χ1n) is 8.08. The van der Waals surface area contributed by atoms with Crippen molar-refractivity contribution in [2.45, 2.75) is 36.4 Å². The van der Waals surface area contributed by atoms with E-state index in [0.717, 1.165) is 38.9 Å². The number of thiophene rings is 2. The van der Waals surface area contributed by atoms with Crippen LogP contribution in [0, 0.1) is 5.92 Å². The van der Waals surface area contributed by atoms with Crippen LogP contribution >= 0.6 is 34.4 Å². The van der Waals surface area contributed by atoms with Crippen LogP contribution in [0.3, 0.4) is 0 Å². The van der Waals surface area contributed by atoms with Crippen LogP contribution in [0.25, 0.3) is 21.0 Å². The van der Waals surface area contributed by atoms with Crippen LogP contribution < -0.4 is 0 Å². The number of nitrogens with zero attached hydrogens (tertiary/aromatic N) is 4. The maximum Gasteiger partial charge on any atom is 0.283 e. The van der Waals surface area contributed by atoms with Gasteiger partial charge in [0.05, 0.1) is 4.88 Å². The summed E-state index contributed by atoms with van der Waals surface area (Å²) in [6, 6.07) is 4.24. The van der Waals surface area contributed by atoms with Gasteiger partial charge >= 0.3 is 0 Å². The fraction of sp³-hybridized carbons (Fsp3) is 0.294. The van der Waals surface area contributed by atoms with Crippen molar-refractivity contribution in [3.8, 4) is 10.8 Å². The summed E-state index contributed by atoms with van der Waals surface area (Å²) in [5.74, 6) is 1.36.